The molecule has 5 heteroatoms. The average molecular weight is 247 g/mol. The van der Waals surface area contributed by atoms with Gasteiger partial charge in [0.2, 0.25) is 0 Å². The van der Waals surface area contributed by atoms with Crippen molar-refractivity contribution in [2.45, 2.75) is 6.92 Å². The van der Waals surface area contributed by atoms with E-state index < -0.39 is 0 Å². The summed E-state index contributed by atoms with van der Waals surface area (Å²) in [6, 6.07) is 5.93. The summed E-state index contributed by atoms with van der Waals surface area (Å²) in [6.07, 6.45) is 0. The number of aryl methyl sites for hydroxylation is 1. The Morgan fingerprint density at radius 2 is 2.31 bits per heavy atom. The quantitative estimate of drug-likeness (QED) is 0.830. The normalized spacial score (nSPS) is 12.0. The highest BCUT2D eigenvalue weighted by Crippen LogP contribution is 2.26. The Hall–Kier alpha value is -1.64. The standard InChI is InChI=1S/C11H9N3S2/c1-7-14-9(6-16-7)11(13)8(5-12)10-3-2-4-15-10/h2-4,6H,13H2,1H3/b11-8+. The van der Waals surface area contributed by atoms with Crippen LogP contribution in [-0.2, 0) is 0 Å². The number of nitriles is 1. The number of nitrogens with zero attached hydrogens (tertiary/aromatic N) is 2. The van der Waals surface area contributed by atoms with E-state index in [2.05, 4.69) is 11.1 Å². The van der Waals surface area contributed by atoms with Crippen LogP contribution < -0.4 is 5.73 Å². The van der Waals surface area contributed by atoms with E-state index in [1.54, 1.807) is 0 Å². The third-order valence-corrected chi connectivity index (χ3v) is 3.70. The molecule has 0 amide bonds. The van der Waals surface area contributed by atoms with Gasteiger partial charge in [0.15, 0.2) is 0 Å². The van der Waals surface area contributed by atoms with E-state index in [1.807, 2.05) is 29.8 Å². The molecule has 2 heterocycles. The second-order valence-corrected chi connectivity index (χ2v) is 5.14. The predicted molar refractivity (Wildman–Crippen MR) is 67.8 cm³/mol. The van der Waals surface area contributed by atoms with E-state index in [0.29, 0.717) is 17.0 Å². The van der Waals surface area contributed by atoms with E-state index in [9.17, 15) is 0 Å². The topological polar surface area (TPSA) is 62.7 Å². The molecule has 2 rings (SSSR count). The molecule has 2 aromatic heterocycles. The lowest BCUT2D eigenvalue weighted by atomic mass is 10.1. The monoisotopic (exact) mass is 247 g/mol. The number of rotatable bonds is 2. The number of thiazole rings is 1. The molecular formula is C11H9N3S2. The molecule has 16 heavy (non-hydrogen) atoms. The van der Waals surface area contributed by atoms with Crippen molar-refractivity contribution in [3.8, 4) is 6.07 Å². The van der Waals surface area contributed by atoms with Crippen molar-refractivity contribution in [3.05, 3.63) is 38.5 Å². The molecule has 0 saturated carbocycles. The summed E-state index contributed by atoms with van der Waals surface area (Å²) in [7, 11) is 0. The lowest BCUT2D eigenvalue weighted by Gasteiger charge is -2.00. The number of thiophene rings is 1. The maximum atomic E-state index is 9.13. The highest BCUT2D eigenvalue weighted by Gasteiger charge is 2.11. The van der Waals surface area contributed by atoms with Crippen molar-refractivity contribution < 1.29 is 0 Å². The van der Waals surface area contributed by atoms with Crippen LogP contribution in [-0.4, -0.2) is 4.98 Å². The molecule has 0 aliphatic rings. The van der Waals surface area contributed by atoms with Crippen LogP contribution >= 0.6 is 22.7 Å². The summed E-state index contributed by atoms with van der Waals surface area (Å²) in [5, 5.41) is 13.9. The van der Waals surface area contributed by atoms with Crippen molar-refractivity contribution in [3.63, 3.8) is 0 Å². The molecule has 0 radical (unpaired) electrons. The number of allylic oxidation sites excluding steroid dienone is 1. The molecule has 0 spiro atoms. The first-order valence-corrected chi connectivity index (χ1v) is 6.34. The van der Waals surface area contributed by atoms with Gasteiger partial charge in [0.1, 0.15) is 6.07 Å². The third-order valence-electron chi connectivity index (χ3n) is 2.04. The number of hydrogen-bond donors (Lipinski definition) is 1. The van der Waals surface area contributed by atoms with Crippen molar-refractivity contribution in [1.29, 1.82) is 5.26 Å². The van der Waals surface area contributed by atoms with Crippen LogP contribution in [0.1, 0.15) is 15.6 Å². The first-order valence-electron chi connectivity index (χ1n) is 4.58. The minimum atomic E-state index is 0.453. The van der Waals surface area contributed by atoms with Crippen LogP contribution in [0.4, 0.5) is 0 Å². The molecule has 0 aliphatic heterocycles. The summed E-state index contributed by atoms with van der Waals surface area (Å²) in [6.45, 7) is 1.92. The van der Waals surface area contributed by atoms with Gasteiger partial charge in [-0.05, 0) is 18.4 Å². The van der Waals surface area contributed by atoms with Crippen LogP contribution in [0, 0.1) is 18.3 Å². The Bertz CT molecular complexity index is 558. The molecule has 80 valence electrons. The molecule has 2 N–H and O–H groups in total. The maximum Gasteiger partial charge on any atom is 0.103 e. The predicted octanol–water partition coefficient (Wildman–Crippen LogP) is 2.86. The van der Waals surface area contributed by atoms with Crippen LogP contribution in [0.3, 0.4) is 0 Å². The van der Waals surface area contributed by atoms with E-state index >= 15 is 0 Å². The van der Waals surface area contributed by atoms with Gasteiger partial charge in [-0.1, -0.05) is 6.07 Å². The fraction of sp³-hybridized carbons (Fsp3) is 0.0909. The van der Waals surface area contributed by atoms with Crippen molar-refractivity contribution in [1.82, 2.24) is 4.98 Å². The molecule has 0 aliphatic carbocycles. The van der Waals surface area contributed by atoms with Gasteiger partial charge in [0.05, 0.1) is 22.0 Å². The molecule has 0 saturated heterocycles. The molecule has 2 aromatic rings. The van der Waals surface area contributed by atoms with Gasteiger partial charge in [-0.25, -0.2) is 4.98 Å². The minimum Gasteiger partial charge on any atom is -0.396 e. The van der Waals surface area contributed by atoms with E-state index in [0.717, 1.165) is 9.88 Å². The molecular weight excluding hydrogens is 238 g/mol. The van der Waals surface area contributed by atoms with Gasteiger partial charge in [0, 0.05) is 10.3 Å². The first kappa shape index (κ1) is 10.9. The highest BCUT2D eigenvalue weighted by molar-refractivity contribution is 7.11. The summed E-state index contributed by atoms with van der Waals surface area (Å²) in [5.74, 6) is 0. The number of nitrogens with two attached hydrogens (primary N) is 1. The average Bonchev–Trinajstić information content (AvgIpc) is 2.90. The largest absolute Gasteiger partial charge is 0.396 e. The SMILES string of the molecule is Cc1nc(/C(N)=C(/C#N)c2cccs2)cs1. The second kappa shape index (κ2) is 4.47. The van der Waals surface area contributed by atoms with Gasteiger partial charge >= 0.3 is 0 Å². The molecule has 0 atom stereocenters. The van der Waals surface area contributed by atoms with Crippen LogP contribution in [0.5, 0.6) is 0 Å². The van der Waals surface area contributed by atoms with Crippen LogP contribution in [0.25, 0.3) is 11.3 Å². The first-order chi connectivity index (χ1) is 7.72. The zero-order valence-electron chi connectivity index (χ0n) is 8.60. The van der Waals surface area contributed by atoms with Crippen LogP contribution in [0.15, 0.2) is 22.9 Å². The lowest BCUT2D eigenvalue weighted by molar-refractivity contribution is 1.25. The Balaban J connectivity index is 2.51. The van der Waals surface area contributed by atoms with Gasteiger partial charge in [-0.15, -0.1) is 22.7 Å². The Labute approximate surface area is 101 Å². The van der Waals surface area contributed by atoms with E-state index in [4.69, 9.17) is 11.0 Å². The molecule has 0 unspecified atom stereocenters. The lowest BCUT2D eigenvalue weighted by Crippen LogP contribution is -2.00. The zero-order chi connectivity index (χ0) is 11.5. The number of aromatic nitrogens is 1. The minimum absolute atomic E-state index is 0.453. The van der Waals surface area contributed by atoms with Gasteiger partial charge < -0.3 is 5.73 Å². The summed E-state index contributed by atoms with van der Waals surface area (Å²) >= 11 is 3.03. The summed E-state index contributed by atoms with van der Waals surface area (Å²) < 4.78 is 0. The Morgan fingerprint density at radius 3 is 2.81 bits per heavy atom. The van der Waals surface area contributed by atoms with Gasteiger partial charge in [-0.2, -0.15) is 5.26 Å². The molecule has 3 nitrogen and oxygen atoms in total. The van der Waals surface area contributed by atoms with E-state index in [1.165, 1.54) is 22.7 Å². The second-order valence-electron chi connectivity index (χ2n) is 3.13. The van der Waals surface area contributed by atoms with Crippen molar-refractivity contribution >= 4 is 33.9 Å². The van der Waals surface area contributed by atoms with E-state index in [-0.39, 0.29) is 0 Å². The molecule has 0 fully saturated rings. The van der Waals surface area contributed by atoms with Gasteiger partial charge in [-0.3, -0.25) is 0 Å². The molecule has 0 aromatic carbocycles. The molecule has 0 bridgehead atoms. The Kier molecular flexibility index (Phi) is 3.04. The van der Waals surface area contributed by atoms with Gasteiger partial charge in [0.25, 0.3) is 0 Å². The highest BCUT2D eigenvalue weighted by atomic mass is 32.1. The summed E-state index contributed by atoms with van der Waals surface area (Å²) in [5.41, 5.74) is 7.60. The third kappa shape index (κ3) is 1.98. The smallest absolute Gasteiger partial charge is 0.103 e. The maximum absolute atomic E-state index is 9.13. The van der Waals surface area contributed by atoms with Crippen molar-refractivity contribution in [2.75, 3.05) is 0 Å². The zero-order valence-corrected chi connectivity index (χ0v) is 10.2. The fourth-order valence-electron chi connectivity index (χ4n) is 1.28. The van der Waals surface area contributed by atoms with Crippen LogP contribution in [0.2, 0.25) is 0 Å². The van der Waals surface area contributed by atoms with Crippen molar-refractivity contribution in [2.24, 2.45) is 5.73 Å². The Morgan fingerprint density at radius 1 is 1.50 bits per heavy atom. The number of hydrogen-bond acceptors (Lipinski definition) is 5. The summed E-state index contributed by atoms with van der Waals surface area (Å²) in [4.78, 5) is 5.16. The fourth-order valence-corrected chi connectivity index (χ4v) is 2.63.